The van der Waals surface area contributed by atoms with E-state index in [4.69, 9.17) is 42.0 Å². The topological polar surface area (TPSA) is 88.3 Å². The summed E-state index contributed by atoms with van der Waals surface area (Å²) < 4.78 is 24.1. The van der Waals surface area contributed by atoms with Gasteiger partial charge in [0.25, 0.3) is 5.56 Å². The van der Waals surface area contributed by atoms with Crippen LogP contribution in [0.15, 0.2) is 82.1 Å². The average Bonchev–Trinajstić information content (AvgIpc) is 3.34. The van der Waals surface area contributed by atoms with Crippen molar-refractivity contribution in [2.75, 3.05) is 27.4 Å². The molecule has 0 saturated heterocycles. The number of terminal acetylenes is 1. The molecule has 1 aliphatic rings. The van der Waals surface area contributed by atoms with Crippen LogP contribution in [0, 0.1) is 12.3 Å². The Morgan fingerprint density at radius 1 is 1.07 bits per heavy atom. The number of carbonyl (C=O) groups is 1. The summed E-state index contributed by atoms with van der Waals surface area (Å²) in [5, 5.41) is 0.464. The highest BCUT2D eigenvalue weighted by Gasteiger charge is 2.35. The Labute approximate surface area is 257 Å². The minimum absolute atomic E-state index is 0.0480. The predicted molar refractivity (Wildman–Crippen MR) is 166 cm³/mol. The van der Waals surface area contributed by atoms with Gasteiger partial charge in [-0.15, -0.1) is 6.42 Å². The number of ether oxygens (including phenoxy) is 4. The fraction of sp³-hybridized carbons (Fsp3) is 0.182. The summed E-state index contributed by atoms with van der Waals surface area (Å²) in [5.41, 5.74) is 2.15. The number of fused-ring (bicyclic) bond motifs is 1. The van der Waals surface area contributed by atoms with Crippen LogP contribution in [-0.2, 0) is 9.53 Å². The summed E-state index contributed by atoms with van der Waals surface area (Å²) in [6.07, 6.45) is 7.08. The van der Waals surface area contributed by atoms with Crippen LogP contribution < -0.4 is 29.1 Å². The average molecular weight is 615 g/mol. The highest BCUT2D eigenvalue weighted by molar-refractivity contribution is 7.07. The molecule has 0 bridgehead atoms. The lowest BCUT2D eigenvalue weighted by Crippen LogP contribution is -2.40. The maximum atomic E-state index is 14.2. The molecule has 1 aromatic heterocycles. The van der Waals surface area contributed by atoms with E-state index in [-0.39, 0.29) is 24.3 Å². The Morgan fingerprint density at radius 2 is 1.81 bits per heavy atom. The second kappa shape index (κ2) is 13.0. The SMILES string of the molecule is C#CCOc1ccc(Cl)cc1/C=c1\sc2n(c1=O)[C@@H](c1ccc(OC)c(OC)c1)C(C(=O)OCC)=C(c1ccccc1)N=2. The molecule has 0 N–H and O–H groups in total. The van der Waals surface area contributed by atoms with Crippen molar-refractivity contribution in [2.45, 2.75) is 13.0 Å². The fourth-order valence-corrected chi connectivity index (χ4v) is 5.98. The lowest BCUT2D eigenvalue weighted by molar-refractivity contribution is -0.138. The van der Waals surface area contributed by atoms with E-state index in [1.54, 1.807) is 49.4 Å². The van der Waals surface area contributed by atoms with Gasteiger partial charge in [-0.2, -0.15) is 0 Å². The maximum Gasteiger partial charge on any atom is 0.338 e. The molecule has 0 fully saturated rings. The third-order valence-corrected chi connectivity index (χ3v) is 7.88. The van der Waals surface area contributed by atoms with Gasteiger partial charge in [-0.3, -0.25) is 9.36 Å². The van der Waals surface area contributed by atoms with Gasteiger partial charge < -0.3 is 18.9 Å². The van der Waals surface area contributed by atoms with E-state index in [1.165, 1.54) is 30.1 Å². The second-order valence-corrected chi connectivity index (χ2v) is 10.7. The van der Waals surface area contributed by atoms with Crippen molar-refractivity contribution in [2.24, 2.45) is 4.99 Å². The van der Waals surface area contributed by atoms with E-state index >= 15 is 0 Å². The van der Waals surface area contributed by atoms with Crippen molar-refractivity contribution in [3.8, 4) is 29.6 Å². The molecule has 0 aliphatic carbocycles. The molecular weight excluding hydrogens is 588 g/mol. The number of hydrogen-bond acceptors (Lipinski definition) is 8. The molecule has 218 valence electrons. The Balaban J connectivity index is 1.83. The molecule has 4 aromatic rings. The number of hydrogen-bond donors (Lipinski definition) is 0. The van der Waals surface area contributed by atoms with Gasteiger partial charge in [-0.1, -0.05) is 65.3 Å². The van der Waals surface area contributed by atoms with Crippen LogP contribution in [0.4, 0.5) is 0 Å². The first-order valence-electron chi connectivity index (χ1n) is 13.3. The van der Waals surface area contributed by atoms with Gasteiger partial charge in [0.05, 0.1) is 42.7 Å². The molecule has 0 saturated carbocycles. The Kier molecular flexibility index (Phi) is 9.00. The molecule has 43 heavy (non-hydrogen) atoms. The molecule has 0 spiro atoms. The van der Waals surface area contributed by atoms with Crippen LogP contribution in [-0.4, -0.2) is 38.0 Å². The van der Waals surface area contributed by atoms with Crippen molar-refractivity contribution >= 4 is 40.7 Å². The highest BCUT2D eigenvalue weighted by atomic mass is 35.5. The zero-order valence-electron chi connectivity index (χ0n) is 23.6. The first-order chi connectivity index (χ1) is 20.9. The summed E-state index contributed by atoms with van der Waals surface area (Å²) in [6, 6.07) is 18.8. The van der Waals surface area contributed by atoms with E-state index in [2.05, 4.69) is 5.92 Å². The van der Waals surface area contributed by atoms with Crippen LogP contribution in [0.1, 0.15) is 29.7 Å². The van der Waals surface area contributed by atoms with Crippen molar-refractivity contribution in [1.29, 1.82) is 0 Å². The minimum atomic E-state index is -0.885. The second-order valence-electron chi connectivity index (χ2n) is 9.22. The number of aromatic nitrogens is 1. The zero-order valence-corrected chi connectivity index (χ0v) is 25.2. The monoisotopic (exact) mass is 614 g/mol. The lowest BCUT2D eigenvalue weighted by Gasteiger charge is -2.26. The van der Waals surface area contributed by atoms with Gasteiger partial charge in [-0.25, -0.2) is 9.79 Å². The molecule has 1 atom stereocenters. The van der Waals surface area contributed by atoms with E-state index in [0.717, 1.165) is 0 Å². The highest BCUT2D eigenvalue weighted by Crippen LogP contribution is 2.38. The summed E-state index contributed by atoms with van der Waals surface area (Å²) in [4.78, 5) is 33.2. The van der Waals surface area contributed by atoms with Gasteiger partial charge in [0.1, 0.15) is 12.4 Å². The Hall–Kier alpha value is -4.78. The largest absolute Gasteiger partial charge is 0.493 e. The van der Waals surface area contributed by atoms with Gasteiger partial charge >= 0.3 is 5.97 Å². The first-order valence-corrected chi connectivity index (χ1v) is 14.5. The minimum Gasteiger partial charge on any atom is -0.493 e. The quantitative estimate of drug-likeness (QED) is 0.202. The number of halogens is 1. The number of benzene rings is 3. The lowest BCUT2D eigenvalue weighted by atomic mass is 9.93. The van der Waals surface area contributed by atoms with Gasteiger partial charge in [-0.05, 0) is 48.9 Å². The van der Waals surface area contributed by atoms with Crippen molar-refractivity contribution in [3.05, 3.63) is 114 Å². The first kappa shape index (κ1) is 29.7. The number of esters is 1. The van der Waals surface area contributed by atoms with Gasteiger partial charge in [0.2, 0.25) is 0 Å². The van der Waals surface area contributed by atoms with E-state index in [9.17, 15) is 9.59 Å². The molecule has 5 rings (SSSR count). The Morgan fingerprint density at radius 3 is 2.51 bits per heavy atom. The molecule has 0 unspecified atom stereocenters. The molecule has 2 heterocycles. The van der Waals surface area contributed by atoms with Gasteiger partial charge in [0, 0.05) is 16.1 Å². The number of rotatable bonds is 9. The fourth-order valence-electron chi connectivity index (χ4n) is 4.80. The number of methoxy groups -OCH3 is 2. The third-order valence-electron chi connectivity index (χ3n) is 6.67. The molecule has 8 nitrogen and oxygen atoms in total. The maximum absolute atomic E-state index is 14.2. The molecule has 10 heteroatoms. The zero-order chi connectivity index (χ0) is 30.5. The molecule has 0 amide bonds. The van der Waals surface area contributed by atoms with Crippen LogP contribution in [0.5, 0.6) is 17.2 Å². The number of thiazole rings is 1. The summed E-state index contributed by atoms with van der Waals surface area (Å²) in [7, 11) is 3.06. The number of nitrogens with zero attached hydrogens (tertiary/aromatic N) is 2. The van der Waals surface area contributed by atoms with Crippen molar-refractivity contribution in [3.63, 3.8) is 0 Å². The smallest absolute Gasteiger partial charge is 0.338 e. The van der Waals surface area contributed by atoms with Gasteiger partial charge in [0.15, 0.2) is 16.3 Å². The number of carbonyl (C=O) groups excluding carboxylic acids is 1. The Bertz CT molecular complexity index is 1940. The summed E-state index contributed by atoms with van der Waals surface area (Å²) >= 11 is 7.47. The van der Waals surface area contributed by atoms with Crippen molar-refractivity contribution < 1.29 is 23.7 Å². The van der Waals surface area contributed by atoms with E-state index < -0.39 is 12.0 Å². The summed E-state index contributed by atoms with van der Waals surface area (Å²) in [5.74, 6) is 3.28. The molecular formula is C33H27ClN2O6S. The molecule has 0 radical (unpaired) electrons. The van der Waals surface area contributed by atoms with Crippen LogP contribution in [0.3, 0.4) is 0 Å². The third kappa shape index (κ3) is 5.93. The van der Waals surface area contributed by atoms with Crippen molar-refractivity contribution in [1.82, 2.24) is 4.57 Å². The van der Waals surface area contributed by atoms with Crippen LogP contribution >= 0.6 is 22.9 Å². The van der Waals surface area contributed by atoms with E-state index in [1.807, 2.05) is 30.3 Å². The van der Waals surface area contributed by atoms with Crippen LogP contribution in [0.25, 0.3) is 11.8 Å². The normalized spacial score (nSPS) is 14.4. The van der Waals surface area contributed by atoms with Crippen LogP contribution in [0.2, 0.25) is 5.02 Å². The molecule has 1 aliphatic heterocycles. The van der Waals surface area contributed by atoms with E-state index in [0.29, 0.717) is 54.0 Å². The molecule has 3 aromatic carbocycles. The predicted octanol–water partition coefficient (Wildman–Crippen LogP) is 4.62. The standard InChI is InChI=1S/C33H27ClN2O6S/c1-5-16-42-24-15-13-23(34)17-22(24)19-27-31(37)36-30(21-12-14-25(39-3)26(18-21)40-4)28(32(38)41-6-2)29(35-33(36)43-27)20-10-8-7-9-11-20/h1,7-15,17-19,30H,6,16H2,2-4H3/b27-19-/t30-/m0/s1. The summed E-state index contributed by atoms with van der Waals surface area (Å²) in [6.45, 7) is 1.92.